The summed E-state index contributed by atoms with van der Waals surface area (Å²) in [4.78, 5) is 0. The van der Waals surface area contributed by atoms with Gasteiger partial charge in [-0.25, -0.2) is 0 Å². The number of fused-ring (bicyclic) bond motifs is 2. The molecule has 0 aromatic heterocycles. The minimum Gasteiger partial charge on any atom is -0.460 e. The molecule has 0 N–H and O–H groups in total. The minimum atomic E-state index is -1.39. The Morgan fingerprint density at radius 1 is 0.870 bits per heavy atom. The lowest BCUT2D eigenvalue weighted by molar-refractivity contribution is 0.354. The zero-order valence-electron chi connectivity index (χ0n) is 15.0. The average Bonchev–Trinajstić information content (AvgIpc) is 3.42. The lowest BCUT2D eigenvalue weighted by atomic mass is 9.88. The molecule has 2 aliphatic heterocycles. The van der Waals surface area contributed by atoms with E-state index in [0.717, 1.165) is 11.8 Å². The summed E-state index contributed by atoms with van der Waals surface area (Å²) < 4.78 is 17.8. The first-order valence-electron chi connectivity index (χ1n) is 10.0. The highest BCUT2D eigenvalue weighted by atomic mass is 28.4. The molecule has 5 heteroatoms. The van der Waals surface area contributed by atoms with Gasteiger partial charge in [-0.2, -0.15) is 0 Å². The van der Waals surface area contributed by atoms with Crippen molar-refractivity contribution in [2.45, 2.75) is 101 Å². The molecule has 4 aliphatic rings. The maximum atomic E-state index is 6.50. The molecule has 23 heavy (non-hydrogen) atoms. The highest BCUT2D eigenvalue weighted by Gasteiger charge is 2.44. The van der Waals surface area contributed by atoms with Gasteiger partial charge in [0.1, 0.15) is 9.76 Å². The van der Waals surface area contributed by atoms with Crippen LogP contribution in [-0.4, -0.2) is 42.5 Å². The Morgan fingerprint density at radius 3 is 2.09 bits per heavy atom. The fourth-order valence-corrected chi connectivity index (χ4v) is 10.1. The molecule has 4 rings (SSSR count). The van der Waals surface area contributed by atoms with Crippen molar-refractivity contribution in [2.24, 2.45) is 11.8 Å². The van der Waals surface area contributed by atoms with Gasteiger partial charge >= 0.3 is 0 Å². The largest absolute Gasteiger partial charge is 0.460 e. The van der Waals surface area contributed by atoms with Gasteiger partial charge in [-0.3, -0.25) is 0 Å². The number of hydrogen-bond donors (Lipinski definition) is 0. The normalized spacial score (nSPS) is 42.5. The van der Waals surface area contributed by atoms with Crippen molar-refractivity contribution in [3.8, 4) is 0 Å². The van der Waals surface area contributed by atoms with Crippen molar-refractivity contribution in [1.29, 1.82) is 0 Å². The zero-order chi connectivity index (χ0) is 15.9. The maximum absolute atomic E-state index is 6.50. The molecule has 0 spiro atoms. The van der Waals surface area contributed by atoms with E-state index in [0.29, 0.717) is 24.4 Å². The molecule has 4 fully saturated rings. The summed E-state index contributed by atoms with van der Waals surface area (Å²) in [6.45, 7) is 4.89. The second-order valence-electron chi connectivity index (χ2n) is 9.07. The van der Waals surface area contributed by atoms with Gasteiger partial charge in [-0.05, 0) is 75.5 Å². The molecule has 0 aromatic rings. The van der Waals surface area contributed by atoms with Crippen molar-refractivity contribution in [3.05, 3.63) is 0 Å². The third-order valence-electron chi connectivity index (χ3n) is 6.63. The van der Waals surface area contributed by atoms with Crippen LogP contribution in [-0.2, 0) is 13.6 Å². The van der Waals surface area contributed by atoms with Crippen LogP contribution in [0.5, 0.6) is 0 Å². The first-order valence-corrected chi connectivity index (χ1v) is 14.7. The lowest BCUT2D eigenvalue weighted by Gasteiger charge is -2.27. The third kappa shape index (κ3) is 4.69. The van der Waals surface area contributed by atoms with Gasteiger partial charge in [0.15, 0.2) is 8.32 Å². The van der Waals surface area contributed by atoms with Crippen LogP contribution in [0.2, 0.25) is 25.2 Å². The Bertz CT molecular complexity index is 417. The second kappa shape index (κ2) is 6.91. The van der Waals surface area contributed by atoms with Gasteiger partial charge in [0, 0.05) is 0 Å². The van der Waals surface area contributed by atoms with Crippen LogP contribution >= 0.6 is 0 Å². The standard InChI is InChI=1S/C18H34O3Si2/c1-23(2,10-8-14-4-6-16-18(12-14)20-16)21-22-9-7-13-3-5-15-17(11-13)19-15/h13-18H,3-12,22H2,1-2H3. The quantitative estimate of drug-likeness (QED) is 0.379. The topological polar surface area (TPSA) is 34.3 Å². The van der Waals surface area contributed by atoms with Crippen LogP contribution < -0.4 is 0 Å². The molecule has 3 nitrogen and oxygen atoms in total. The summed E-state index contributed by atoms with van der Waals surface area (Å²) in [5.41, 5.74) is 0. The molecule has 0 radical (unpaired) electrons. The highest BCUT2D eigenvalue weighted by Crippen LogP contribution is 2.42. The molecule has 2 aliphatic carbocycles. The van der Waals surface area contributed by atoms with E-state index >= 15 is 0 Å². The first kappa shape index (κ1) is 16.8. The van der Waals surface area contributed by atoms with E-state index in [-0.39, 0.29) is 9.76 Å². The summed E-state index contributed by atoms with van der Waals surface area (Å²) in [6.07, 6.45) is 13.5. The summed E-state index contributed by atoms with van der Waals surface area (Å²) >= 11 is 0. The van der Waals surface area contributed by atoms with Crippen LogP contribution in [0.3, 0.4) is 0 Å². The van der Waals surface area contributed by atoms with Crippen molar-refractivity contribution < 1.29 is 13.6 Å². The van der Waals surface area contributed by atoms with E-state index in [4.69, 9.17) is 13.6 Å². The fourth-order valence-electron chi connectivity index (χ4n) is 4.84. The molecule has 0 amide bonds. The van der Waals surface area contributed by atoms with Gasteiger partial charge in [0.2, 0.25) is 0 Å². The Labute approximate surface area is 144 Å². The van der Waals surface area contributed by atoms with Crippen molar-refractivity contribution in [3.63, 3.8) is 0 Å². The molecule has 132 valence electrons. The third-order valence-corrected chi connectivity index (χ3v) is 12.8. The highest BCUT2D eigenvalue weighted by molar-refractivity contribution is 6.75. The average molecular weight is 355 g/mol. The molecule has 6 unspecified atom stereocenters. The monoisotopic (exact) mass is 354 g/mol. The fraction of sp³-hybridized carbons (Fsp3) is 1.00. The van der Waals surface area contributed by atoms with Crippen LogP contribution in [0.4, 0.5) is 0 Å². The van der Waals surface area contributed by atoms with E-state index < -0.39 is 8.32 Å². The number of ether oxygens (including phenoxy) is 2. The Kier molecular flexibility index (Phi) is 5.03. The van der Waals surface area contributed by atoms with Gasteiger partial charge in [0.05, 0.1) is 24.4 Å². The van der Waals surface area contributed by atoms with Crippen LogP contribution in [0.1, 0.15) is 51.4 Å². The summed E-state index contributed by atoms with van der Waals surface area (Å²) in [6, 6.07) is 2.75. The molecule has 2 heterocycles. The van der Waals surface area contributed by atoms with Crippen LogP contribution in [0.15, 0.2) is 0 Å². The Hall–Kier alpha value is 0.314. The molecule has 0 aromatic carbocycles. The summed E-state index contributed by atoms with van der Waals surface area (Å²) in [5.74, 6) is 1.86. The molecular weight excluding hydrogens is 320 g/mol. The van der Waals surface area contributed by atoms with Crippen LogP contribution in [0.25, 0.3) is 0 Å². The van der Waals surface area contributed by atoms with Gasteiger partial charge < -0.3 is 13.6 Å². The predicted molar refractivity (Wildman–Crippen MR) is 98.0 cm³/mol. The predicted octanol–water partition coefficient (Wildman–Crippen LogP) is 3.63. The summed E-state index contributed by atoms with van der Waals surface area (Å²) in [5, 5.41) is 0. The smallest absolute Gasteiger partial charge is 0.172 e. The first-order chi connectivity index (χ1) is 11.1. The van der Waals surface area contributed by atoms with Gasteiger partial charge in [0.25, 0.3) is 0 Å². The molecule has 2 saturated heterocycles. The van der Waals surface area contributed by atoms with Crippen LogP contribution in [0, 0.1) is 11.8 Å². The molecule has 6 atom stereocenters. The van der Waals surface area contributed by atoms with E-state index in [1.165, 1.54) is 63.5 Å². The van der Waals surface area contributed by atoms with E-state index in [2.05, 4.69) is 13.1 Å². The number of hydrogen-bond acceptors (Lipinski definition) is 3. The Morgan fingerprint density at radius 2 is 1.48 bits per heavy atom. The second-order valence-corrected chi connectivity index (χ2v) is 15.4. The SMILES string of the molecule is C[Si](C)(CCC1CCC2OC2C1)O[SiH2]CCC1CCC2OC2C1. The summed E-state index contributed by atoms with van der Waals surface area (Å²) in [7, 11) is -1.69. The van der Waals surface area contributed by atoms with E-state index in [9.17, 15) is 0 Å². The maximum Gasteiger partial charge on any atom is 0.172 e. The molecular formula is C18H34O3Si2. The van der Waals surface area contributed by atoms with E-state index in [1.807, 2.05) is 0 Å². The van der Waals surface area contributed by atoms with Crippen molar-refractivity contribution in [1.82, 2.24) is 0 Å². The molecule has 2 saturated carbocycles. The number of rotatable bonds is 8. The Balaban J connectivity index is 1.08. The lowest BCUT2D eigenvalue weighted by Crippen LogP contribution is -2.33. The number of epoxide rings is 2. The van der Waals surface area contributed by atoms with Gasteiger partial charge in [-0.1, -0.05) is 12.8 Å². The van der Waals surface area contributed by atoms with Crippen molar-refractivity contribution >= 4 is 18.1 Å². The van der Waals surface area contributed by atoms with Gasteiger partial charge in [-0.15, -0.1) is 0 Å². The minimum absolute atomic E-state index is 0.296. The molecule has 0 bridgehead atoms. The van der Waals surface area contributed by atoms with Crippen molar-refractivity contribution in [2.75, 3.05) is 0 Å². The van der Waals surface area contributed by atoms with E-state index in [1.54, 1.807) is 0 Å². The zero-order valence-corrected chi connectivity index (χ0v) is 17.4.